The third kappa shape index (κ3) is 4.30. The molecule has 1 N–H and O–H groups in total. The van der Waals surface area contributed by atoms with E-state index in [2.05, 4.69) is 0 Å². The number of hydrogen-bond donors (Lipinski definition) is 1. The number of rotatable bonds is 8. The Bertz CT molecular complexity index is 624. The van der Waals surface area contributed by atoms with Gasteiger partial charge in [-0.3, -0.25) is 9.59 Å². The second-order valence-corrected chi connectivity index (χ2v) is 7.62. The molecule has 0 unspecified atom stereocenters. The number of carbonyl (C=O) groups is 2. The molecule has 0 aliphatic heterocycles. The Morgan fingerprint density at radius 1 is 1.28 bits per heavy atom. The number of aryl methyl sites for hydroxylation is 1. The number of hydrogen-bond acceptors (Lipinski definition) is 4. The van der Waals surface area contributed by atoms with Crippen molar-refractivity contribution in [2.75, 3.05) is 7.11 Å². The van der Waals surface area contributed by atoms with E-state index in [-0.39, 0.29) is 23.4 Å². The average molecular weight is 346 g/mol. The second kappa shape index (κ2) is 8.13. The number of methoxy groups -OCH3 is 1. The first-order valence-electron chi connectivity index (χ1n) is 9.16. The van der Waals surface area contributed by atoms with Crippen LogP contribution in [0.2, 0.25) is 0 Å². The lowest BCUT2D eigenvalue weighted by molar-refractivity contribution is -0.131. The molecule has 1 aliphatic carbocycles. The van der Waals surface area contributed by atoms with E-state index in [4.69, 9.17) is 4.74 Å². The molecule has 4 atom stereocenters. The van der Waals surface area contributed by atoms with Crippen LogP contribution in [0.25, 0.3) is 0 Å². The van der Waals surface area contributed by atoms with Crippen LogP contribution in [-0.4, -0.2) is 29.9 Å². The molecule has 1 aliphatic rings. The van der Waals surface area contributed by atoms with Crippen LogP contribution >= 0.6 is 0 Å². The molecule has 138 valence electrons. The summed E-state index contributed by atoms with van der Waals surface area (Å²) in [7, 11) is 1.64. The van der Waals surface area contributed by atoms with Crippen molar-refractivity contribution in [3.8, 4) is 5.75 Å². The topological polar surface area (TPSA) is 63.6 Å². The fraction of sp³-hybridized carbons (Fsp3) is 0.619. The summed E-state index contributed by atoms with van der Waals surface area (Å²) >= 11 is 0. The first-order chi connectivity index (χ1) is 11.8. The van der Waals surface area contributed by atoms with Crippen molar-refractivity contribution in [3.63, 3.8) is 0 Å². The van der Waals surface area contributed by atoms with E-state index in [1.165, 1.54) is 0 Å². The molecule has 0 amide bonds. The lowest BCUT2D eigenvalue weighted by Gasteiger charge is -2.27. The van der Waals surface area contributed by atoms with Gasteiger partial charge >= 0.3 is 0 Å². The highest BCUT2D eigenvalue weighted by Gasteiger charge is 2.53. The van der Waals surface area contributed by atoms with E-state index in [0.29, 0.717) is 19.3 Å². The van der Waals surface area contributed by atoms with Gasteiger partial charge in [0.25, 0.3) is 0 Å². The van der Waals surface area contributed by atoms with Gasteiger partial charge < -0.3 is 9.84 Å². The summed E-state index contributed by atoms with van der Waals surface area (Å²) in [5.41, 5.74) is 0.379. The number of aliphatic hydroxyl groups excluding tert-OH is 1. The van der Waals surface area contributed by atoms with Gasteiger partial charge in [0.2, 0.25) is 0 Å². The highest BCUT2D eigenvalue weighted by atomic mass is 16.5. The third-order valence-corrected chi connectivity index (χ3v) is 5.89. The molecule has 0 spiro atoms. The smallest absolute Gasteiger partial charge is 0.144 e. The van der Waals surface area contributed by atoms with Crippen molar-refractivity contribution < 1.29 is 19.4 Å². The summed E-state index contributed by atoms with van der Waals surface area (Å²) < 4.78 is 5.20. The number of Topliss-reactive ketones (excluding diaryl/α,β-unsaturated/α-hetero) is 2. The van der Waals surface area contributed by atoms with E-state index < -0.39 is 11.5 Å². The third-order valence-electron chi connectivity index (χ3n) is 5.89. The Morgan fingerprint density at radius 2 is 2.00 bits per heavy atom. The number of carbonyl (C=O) groups excluding carboxylic acids is 2. The summed E-state index contributed by atoms with van der Waals surface area (Å²) in [6.07, 6.45) is 2.26. The number of aliphatic hydroxyl groups is 1. The van der Waals surface area contributed by atoms with Crippen LogP contribution in [0.3, 0.4) is 0 Å². The van der Waals surface area contributed by atoms with Gasteiger partial charge in [0, 0.05) is 18.8 Å². The minimum absolute atomic E-state index is 0.0411. The van der Waals surface area contributed by atoms with Gasteiger partial charge in [0.1, 0.15) is 17.3 Å². The van der Waals surface area contributed by atoms with Crippen LogP contribution in [0.5, 0.6) is 5.75 Å². The molecule has 1 aromatic rings. The van der Waals surface area contributed by atoms with Gasteiger partial charge in [-0.05, 0) is 42.9 Å². The van der Waals surface area contributed by atoms with Gasteiger partial charge in [-0.25, -0.2) is 0 Å². The van der Waals surface area contributed by atoms with Gasteiger partial charge in [-0.15, -0.1) is 0 Å². The van der Waals surface area contributed by atoms with Crippen molar-refractivity contribution >= 4 is 11.6 Å². The fourth-order valence-electron chi connectivity index (χ4n) is 3.87. The van der Waals surface area contributed by atoms with E-state index in [0.717, 1.165) is 24.2 Å². The molecule has 1 fully saturated rings. The molecule has 0 radical (unpaired) electrons. The second-order valence-electron chi connectivity index (χ2n) is 7.62. The van der Waals surface area contributed by atoms with Crippen LogP contribution in [-0.2, 0) is 16.0 Å². The SMILES string of the molecule is COc1cccc(CCCC(=O)CC[C@@]2(C)C(=O)[C@H](C)[C@@H](C)[C@@H]2O)c1. The van der Waals surface area contributed by atoms with Crippen LogP contribution in [0.1, 0.15) is 52.0 Å². The quantitative estimate of drug-likeness (QED) is 0.781. The lowest BCUT2D eigenvalue weighted by atomic mass is 9.79. The zero-order chi connectivity index (χ0) is 18.6. The van der Waals surface area contributed by atoms with Crippen molar-refractivity contribution in [2.24, 2.45) is 17.3 Å². The maximum absolute atomic E-state index is 12.4. The lowest BCUT2D eigenvalue weighted by Crippen LogP contribution is -2.35. The summed E-state index contributed by atoms with van der Waals surface area (Å²) in [5.74, 6) is 0.908. The minimum Gasteiger partial charge on any atom is -0.497 e. The van der Waals surface area contributed by atoms with E-state index in [1.807, 2.05) is 45.0 Å². The molecule has 0 aromatic heterocycles. The number of ether oxygens (including phenoxy) is 1. The van der Waals surface area contributed by atoms with Gasteiger partial charge in [0.15, 0.2) is 0 Å². The van der Waals surface area contributed by atoms with Crippen LogP contribution in [0.15, 0.2) is 24.3 Å². The van der Waals surface area contributed by atoms with Crippen molar-refractivity contribution in [2.45, 2.75) is 59.0 Å². The van der Waals surface area contributed by atoms with Crippen molar-refractivity contribution in [1.29, 1.82) is 0 Å². The molecular weight excluding hydrogens is 316 g/mol. The largest absolute Gasteiger partial charge is 0.497 e. The predicted octanol–water partition coefficient (Wildman–Crippen LogP) is 3.59. The molecule has 4 heteroatoms. The highest BCUT2D eigenvalue weighted by molar-refractivity contribution is 5.90. The van der Waals surface area contributed by atoms with Gasteiger partial charge in [-0.1, -0.05) is 32.9 Å². The van der Waals surface area contributed by atoms with Crippen LogP contribution in [0.4, 0.5) is 0 Å². The number of ketones is 2. The summed E-state index contributed by atoms with van der Waals surface area (Å²) in [6, 6.07) is 7.87. The molecule has 4 nitrogen and oxygen atoms in total. The monoisotopic (exact) mass is 346 g/mol. The van der Waals surface area contributed by atoms with Gasteiger partial charge in [-0.2, -0.15) is 0 Å². The Hall–Kier alpha value is -1.68. The Kier molecular flexibility index (Phi) is 6.39. The molecule has 1 saturated carbocycles. The predicted molar refractivity (Wildman–Crippen MR) is 97.6 cm³/mol. The molecule has 0 saturated heterocycles. The normalized spacial score (nSPS) is 29.0. The maximum atomic E-state index is 12.4. The summed E-state index contributed by atoms with van der Waals surface area (Å²) in [6.45, 7) is 5.59. The zero-order valence-corrected chi connectivity index (χ0v) is 15.7. The molecule has 2 rings (SSSR count). The van der Waals surface area contributed by atoms with E-state index in [9.17, 15) is 14.7 Å². The average Bonchev–Trinajstić information content (AvgIpc) is 2.76. The summed E-state index contributed by atoms with van der Waals surface area (Å²) in [5, 5.41) is 10.4. The molecule has 0 bridgehead atoms. The Labute approximate surface area is 150 Å². The highest BCUT2D eigenvalue weighted by Crippen LogP contribution is 2.45. The first kappa shape index (κ1) is 19.6. The fourth-order valence-corrected chi connectivity index (χ4v) is 3.87. The summed E-state index contributed by atoms with van der Waals surface area (Å²) in [4.78, 5) is 24.7. The van der Waals surface area contributed by atoms with Crippen LogP contribution < -0.4 is 4.74 Å². The molecular formula is C21H30O4. The molecule has 1 aromatic carbocycles. The van der Waals surface area contributed by atoms with Crippen molar-refractivity contribution in [3.05, 3.63) is 29.8 Å². The van der Waals surface area contributed by atoms with E-state index >= 15 is 0 Å². The van der Waals surface area contributed by atoms with Crippen LogP contribution in [0, 0.1) is 17.3 Å². The molecule has 0 heterocycles. The first-order valence-corrected chi connectivity index (χ1v) is 9.16. The Morgan fingerprint density at radius 3 is 2.60 bits per heavy atom. The Balaban J connectivity index is 1.80. The maximum Gasteiger partial charge on any atom is 0.144 e. The number of benzene rings is 1. The zero-order valence-electron chi connectivity index (χ0n) is 15.7. The van der Waals surface area contributed by atoms with Gasteiger partial charge in [0.05, 0.1) is 18.6 Å². The standard InChI is InChI=1S/C21H30O4/c1-14-15(2)20(24)21(3,19(14)23)12-11-17(22)9-5-7-16-8-6-10-18(13-16)25-4/h6,8,10,13-15,19,23H,5,7,9,11-12H2,1-4H3/t14-,15-,19+,21-/m1/s1. The molecule has 25 heavy (non-hydrogen) atoms. The van der Waals surface area contributed by atoms with Crippen molar-refractivity contribution in [1.82, 2.24) is 0 Å². The van der Waals surface area contributed by atoms with E-state index in [1.54, 1.807) is 7.11 Å². The minimum atomic E-state index is -0.776.